The van der Waals surface area contributed by atoms with Crippen LogP contribution >= 0.6 is 0 Å². The molecule has 1 amide bonds. The third-order valence-corrected chi connectivity index (χ3v) is 8.35. The maximum Gasteiger partial charge on any atom is 0.348 e. The van der Waals surface area contributed by atoms with Crippen molar-refractivity contribution in [2.24, 2.45) is 5.92 Å². The molecule has 3 heterocycles. The minimum Gasteiger partial charge on any atom is -0.453 e. The van der Waals surface area contributed by atoms with Crippen LogP contribution < -0.4 is 5.32 Å². The number of piperidine rings is 3. The minimum absolute atomic E-state index is 0.0673. The molecule has 3 aliphatic rings. The van der Waals surface area contributed by atoms with Crippen LogP contribution in [0.3, 0.4) is 0 Å². The smallest absolute Gasteiger partial charge is 0.348 e. The summed E-state index contributed by atoms with van der Waals surface area (Å²) in [6.07, 6.45) is 3.03. The highest BCUT2D eigenvalue weighted by Gasteiger charge is 2.50. The molecule has 3 aliphatic heterocycles. The lowest BCUT2D eigenvalue weighted by atomic mass is 9.82. The molecule has 3 aromatic carbocycles. The van der Waals surface area contributed by atoms with Crippen LogP contribution in [0, 0.1) is 5.92 Å². The van der Waals surface area contributed by atoms with Gasteiger partial charge in [0.1, 0.15) is 6.54 Å². The molecular weight excluding hydrogens is 476 g/mol. The highest BCUT2D eigenvalue weighted by molar-refractivity contribution is 5.85. The van der Waals surface area contributed by atoms with Crippen LogP contribution in [0.2, 0.25) is 0 Å². The number of hydrogen-bond donors (Lipinski definition) is 2. The molecule has 3 aromatic rings. The van der Waals surface area contributed by atoms with Gasteiger partial charge < -0.3 is 19.6 Å². The average molecular weight is 514 g/mol. The van der Waals surface area contributed by atoms with Gasteiger partial charge in [-0.15, -0.1) is 0 Å². The Morgan fingerprint density at radius 2 is 1.42 bits per heavy atom. The highest BCUT2D eigenvalue weighted by Crippen LogP contribution is 2.38. The predicted molar refractivity (Wildman–Crippen MR) is 146 cm³/mol. The van der Waals surface area contributed by atoms with E-state index in [4.69, 9.17) is 4.74 Å². The van der Waals surface area contributed by atoms with Gasteiger partial charge in [0.2, 0.25) is 11.5 Å². The molecular formula is C32H37N2O4+. The van der Waals surface area contributed by atoms with Crippen molar-refractivity contribution < 1.29 is 23.9 Å². The number of esters is 1. The number of carbonyl (C=O) groups is 2. The second-order valence-corrected chi connectivity index (χ2v) is 10.8. The zero-order valence-corrected chi connectivity index (χ0v) is 21.8. The summed E-state index contributed by atoms with van der Waals surface area (Å²) < 4.78 is 7.03. The van der Waals surface area contributed by atoms with E-state index in [0.29, 0.717) is 30.0 Å². The summed E-state index contributed by atoms with van der Waals surface area (Å²) in [5, 5.41) is 14.8. The summed E-state index contributed by atoms with van der Waals surface area (Å²) >= 11 is 0. The number of amides is 1. The first-order chi connectivity index (χ1) is 18.5. The van der Waals surface area contributed by atoms with Crippen LogP contribution in [-0.2, 0) is 26.5 Å². The maximum absolute atomic E-state index is 13.7. The molecule has 38 heavy (non-hydrogen) atoms. The molecule has 1 atom stereocenters. The van der Waals surface area contributed by atoms with Gasteiger partial charge in [-0.25, -0.2) is 4.79 Å². The zero-order valence-electron chi connectivity index (χ0n) is 21.8. The Bertz CT molecular complexity index is 1170. The van der Waals surface area contributed by atoms with E-state index in [1.54, 1.807) is 24.3 Å². The second kappa shape index (κ2) is 11.5. The van der Waals surface area contributed by atoms with E-state index in [0.717, 1.165) is 55.5 Å². The Balaban J connectivity index is 1.21. The number of rotatable bonds is 10. The first-order valence-corrected chi connectivity index (χ1v) is 13.7. The lowest BCUT2D eigenvalue weighted by Crippen LogP contribution is -2.65. The molecule has 0 unspecified atom stereocenters. The van der Waals surface area contributed by atoms with Gasteiger partial charge in [-0.1, -0.05) is 91.0 Å². The monoisotopic (exact) mass is 513 g/mol. The second-order valence-electron chi connectivity index (χ2n) is 10.8. The molecule has 0 aliphatic carbocycles. The van der Waals surface area contributed by atoms with Crippen molar-refractivity contribution in [1.29, 1.82) is 0 Å². The maximum atomic E-state index is 13.7. The number of ether oxygens (including phenoxy) is 1. The Morgan fingerprint density at radius 3 is 2.00 bits per heavy atom. The topological polar surface area (TPSA) is 75.6 Å². The van der Waals surface area contributed by atoms with Crippen molar-refractivity contribution in [3.63, 3.8) is 0 Å². The van der Waals surface area contributed by atoms with Crippen LogP contribution in [0.25, 0.3) is 0 Å². The number of carbonyl (C=O) groups excluding carboxylic acids is 2. The molecule has 0 radical (unpaired) electrons. The first kappa shape index (κ1) is 26.1. The minimum atomic E-state index is -1.86. The van der Waals surface area contributed by atoms with Crippen molar-refractivity contribution in [3.05, 3.63) is 108 Å². The van der Waals surface area contributed by atoms with E-state index in [2.05, 4.69) is 5.32 Å². The Morgan fingerprint density at radius 1 is 0.868 bits per heavy atom. The molecule has 3 fully saturated rings. The predicted octanol–water partition coefficient (Wildman–Crippen LogP) is 4.17. The molecule has 6 rings (SSSR count). The number of hydrogen-bond acceptors (Lipinski definition) is 4. The first-order valence-electron chi connectivity index (χ1n) is 13.7. The normalized spacial score (nSPS) is 22.6. The van der Waals surface area contributed by atoms with Gasteiger partial charge in [-0.3, -0.25) is 4.79 Å². The summed E-state index contributed by atoms with van der Waals surface area (Å²) in [5.74, 6) is -0.242. The molecule has 6 heteroatoms. The summed E-state index contributed by atoms with van der Waals surface area (Å²) in [6, 6.07) is 28.0. The van der Waals surface area contributed by atoms with Gasteiger partial charge in [0, 0.05) is 38.1 Å². The van der Waals surface area contributed by atoms with Crippen molar-refractivity contribution >= 4 is 11.9 Å². The van der Waals surface area contributed by atoms with Gasteiger partial charge >= 0.3 is 5.97 Å². The van der Waals surface area contributed by atoms with E-state index < -0.39 is 11.6 Å². The largest absolute Gasteiger partial charge is 0.453 e. The van der Waals surface area contributed by atoms with Gasteiger partial charge in [0.25, 0.3) is 0 Å². The molecule has 2 bridgehead atoms. The van der Waals surface area contributed by atoms with Crippen molar-refractivity contribution in [2.45, 2.75) is 43.9 Å². The number of benzene rings is 3. The molecule has 0 saturated carbocycles. The van der Waals surface area contributed by atoms with E-state index in [1.807, 2.05) is 66.7 Å². The molecule has 3 saturated heterocycles. The Kier molecular flexibility index (Phi) is 7.91. The van der Waals surface area contributed by atoms with Crippen LogP contribution in [0.5, 0.6) is 0 Å². The number of quaternary nitrogens is 1. The van der Waals surface area contributed by atoms with E-state index >= 15 is 0 Å². The van der Waals surface area contributed by atoms with Gasteiger partial charge in [0.15, 0.2) is 6.10 Å². The van der Waals surface area contributed by atoms with Crippen LogP contribution in [0.1, 0.15) is 42.4 Å². The van der Waals surface area contributed by atoms with Crippen LogP contribution in [0.4, 0.5) is 0 Å². The summed E-state index contributed by atoms with van der Waals surface area (Å²) in [5.41, 5.74) is 0.234. The van der Waals surface area contributed by atoms with E-state index in [9.17, 15) is 14.7 Å². The lowest BCUT2D eigenvalue weighted by Gasteiger charge is -2.52. The zero-order chi connectivity index (χ0) is 26.4. The molecule has 198 valence electrons. The molecule has 2 N–H and O–H groups in total. The van der Waals surface area contributed by atoms with Crippen molar-refractivity contribution in [2.75, 3.05) is 26.2 Å². The van der Waals surface area contributed by atoms with Gasteiger partial charge in [0.05, 0.1) is 19.6 Å². The van der Waals surface area contributed by atoms with Crippen molar-refractivity contribution in [3.8, 4) is 0 Å². The van der Waals surface area contributed by atoms with Crippen molar-refractivity contribution in [1.82, 2.24) is 5.32 Å². The summed E-state index contributed by atoms with van der Waals surface area (Å²) in [7, 11) is 0. The molecule has 0 aromatic heterocycles. The van der Waals surface area contributed by atoms with E-state index in [1.165, 1.54) is 0 Å². The SMILES string of the molecule is O=C(CCC[N+]12CCC(CC1)[C@@H](OC(=O)C(O)(c1ccccc1)c1ccccc1)C2)NCc1ccccc1. The molecule has 6 nitrogen and oxygen atoms in total. The lowest BCUT2D eigenvalue weighted by molar-refractivity contribution is -0.946. The fourth-order valence-corrected chi connectivity index (χ4v) is 6.11. The number of fused-ring (bicyclic) bond motifs is 3. The Hall–Kier alpha value is -3.48. The standard InChI is InChI=1S/C32H36N2O4/c35-30(33-23-25-11-4-1-5-12-25)17-10-20-34-21-18-26(19-22-34)29(24-34)38-31(36)32(37,27-13-6-2-7-14-27)28-15-8-3-9-16-28/h1-9,11-16,26,29,37H,10,17-24H2/p+1/t26?,29-,34?/m0/s1. The van der Waals surface area contributed by atoms with Crippen LogP contribution in [0.15, 0.2) is 91.0 Å². The van der Waals surface area contributed by atoms with Gasteiger partial charge in [-0.05, 0) is 16.7 Å². The number of nitrogens with zero attached hydrogens (tertiary/aromatic N) is 1. The number of nitrogens with one attached hydrogen (secondary N) is 1. The summed E-state index contributed by atoms with van der Waals surface area (Å²) in [6.45, 7) is 4.27. The van der Waals surface area contributed by atoms with Gasteiger partial charge in [-0.2, -0.15) is 0 Å². The third kappa shape index (κ3) is 5.66. The highest BCUT2D eigenvalue weighted by atomic mass is 16.6. The number of aliphatic hydroxyl groups is 1. The third-order valence-electron chi connectivity index (χ3n) is 8.35. The fourth-order valence-electron chi connectivity index (χ4n) is 6.11. The average Bonchev–Trinajstić information content (AvgIpc) is 2.97. The summed E-state index contributed by atoms with van der Waals surface area (Å²) in [4.78, 5) is 26.1. The van der Waals surface area contributed by atoms with E-state index in [-0.39, 0.29) is 12.0 Å². The van der Waals surface area contributed by atoms with Crippen LogP contribution in [-0.4, -0.2) is 53.7 Å². The fraction of sp³-hybridized carbons (Fsp3) is 0.375. The Labute approximate surface area is 224 Å². The molecule has 0 spiro atoms. The quantitative estimate of drug-likeness (QED) is 0.315.